The van der Waals surface area contributed by atoms with Crippen molar-refractivity contribution in [1.82, 2.24) is 4.72 Å². The van der Waals surface area contributed by atoms with Crippen molar-refractivity contribution in [3.05, 3.63) is 0 Å². The van der Waals surface area contributed by atoms with Crippen molar-refractivity contribution in [1.29, 1.82) is 0 Å². The van der Waals surface area contributed by atoms with Gasteiger partial charge in [-0.05, 0) is 12.8 Å². The lowest BCUT2D eigenvalue weighted by atomic mass is 10.5. The molecular weight excluding hydrogens is 374 g/mol. The molecular formula is C12H31NO8SSi2. The lowest BCUT2D eigenvalue weighted by molar-refractivity contribution is 0.122. The Morgan fingerprint density at radius 1 is 0.708 bits per heavy atom. The number of hydrogen-bond donors (Lipinski definition) is 1. The second kappa shape index (κ2) is 11.7. The highest BCUT2D eigenvalue weighted by Crippen LogP contribution is 2.16. The molecule has 0 saturated heterocycles. The average Bonchev–Trinajstić information content (AvgIpc) is 2.60. The van der Waals surface area contributed by atoms with Gasteiger partial charge >= 0.3 is 17.6 Å². The maximum absolute atomic E-state index is 12.0. The topological polar surface area (TPSA) is 102 Å². The van der Waals surface area contributed by atoms with Crippen molar-refractivity contribution in [3.63, 3.8) is 0 Å². The summed E-state index contributed by atoms with van der Waals surface area (Å²) >= 11 is 0. The van der Waals surface area contributed by atoms with E-state index < -0.39 is 27.6 Å². The van der Waals surface area contributed by atoms with Crippen molar-refractivity contribution in [2.75, 3.05) is 55.0 Å². The minimum absolute atomic E-state index is 0.0146. The zero-order valence-electron chi connectivity index (χ0n) is 15.4. The lowest BCUT2D eigenvalue weighted by Crippen LogP contribution is -2.43. The normalized spacial score (nSPS) is 13.4. The Bertz CT molecular complexity index is 412. The Labute approximate surface area is 147 Å². The summed E-state index contributed by atoms with van der Waals surface area (Å²) in [6.45, 7) is 0.300. The molecule has 0 saturated carbocycles. The molecule has 146 valence electrons. The minimum Gasteiger partial charge on any atom is -0.377 e. The van der Waals surface area contributed by atoms with Gasteiger partial charge in [-0.25, -0.2) is 13.1 Å². The van der Waals surface area contributed by atoms with Crippen LogP contribution in [0.2, 0.25) is 12.1 Å². The highest BCUT2D eigenvalue weighted by molar-refractivity contribution is 7.89. The summed E-state index contributed by atoms with van der Waals surface area (Å²) in [4.78, 5) is 0. The molecule has 24 heavy (non-hydrogen) atoms. The predicted octanol–water partition coefficient (Wildman–Crippen LogP) is 0.442. The van der Waals surface area contributed by atoms with E-state index in [1.165, 1.54) is 42.7 Å². The Kier molecular flexibility index (Phi) is 11.7. The van der Waals surface area contributed by atoms with E-state index in [-0.39, 0.29) is 5.75 Å². The molecule has 12 heteroatoms. The third-order valence-corrected chi connectivity index (χ3v) is 10.9. The summed E-state index contributed by atoms with van der Waals surface area (Å²) in [5.41, 5.74) is 0. The zero-order valence-corrected chi connectivity index (χ0v) is 18.2. The van der Waals surface area contributed by atoms with Crippen molar-refractivity contribution < 1.29 is 35.0 Å². The van der Waals surface area contributed by atoms with Gasteiger partial charge in [0.2, 0.25) is 10.0 Å². The quantitative estimate of drug-likeness (QED) is 0.309. The van der Waals surface area contributed by atoms with Gasteiger partial charge in [0, 0.05) is 61.3 Å². The van der Waals surface area contributed by atoms with E-state index in [4.69, 9.17) is 26.6 Å². The standard InChI is InChI=1S/C12H31NO8SSi2/c1-16-23(17-2,18-3)11-7-9-13-22(14,15)10-8-12-24(19-4,20-5)21-6/h13H,7-12H2,1-6H3. The first-order valence-corrected chi connectivity index (χ1v) is 13.1. The summed E-state index contributed by atoms with van der Waals surface area (Å²) in [6, 6.07) is 0.969. The fourth-order valence-electron chi connectivity index (χ4n) is 2.20. The van der Waals surface area contributed by atoms with E-state index in [9.17, 15) is 8.42 Å². The first-order chi connectivity index (χ1) is 11.3. The fourth-order valence-corrected chi connectivity index (χ4v) is 7.02. The van der Waals surface area contributed by atoms with Crippen LogP contribution < -0.4 is 4.72 Å². The van der Waals surface area contributed by atoms with Crippen molar-refractivity contribution >= 4 is 27.6 Å². The highest BCUT2D eigenvalue weighted by atomic mass is 32.2. The molecule has 0 aliphatic carbocycles. The molecule has 0 unspecified atom stereocenters. The Hall–Kier alpha value is 0.104. The van der Waals surface area contributed by atoms with Crippen LogP contribution >= 0.6 is 0 Å². The number of nitrogens with one attached hydrogen (secondary N) is 1. The maximum Gasteiger partial charge on any atom is 0.500 e. The molecule has 0 aromatic heterocycles. The minimum atomic E-state index is -3.37. The van der Waals surface area contributed by atoms with Gasteiger partial charge in [0.05, 0.1) is 5.75 Å². The van der Waals surface area contributed by atoms with Gasteiger partial charge in [-0.15, -0.1) is 0 Å². The third kappa shape index (κ3) is 7.99. The first-order valence-electron chi connectivity index (χ1n) is 7.56. The predicted molar refractivity (Wildman–Crippen MR) is 94.2 cm³/mol. The molecule has 0 fully saturated rings. The van der Waals surface area contributed by atoms with Crippen LogP contribution in [0.1, 0.15) is 12.8 Å². The molecule has 0 aliphatic rings. The number of sulfonamides is 1. The fraction of sp³-hybridized carbons (Fsp3) is 1.00. The second-order valence-corrected chi connectivity index (χ2v) is 13.1. The smallest absolute Gasteiger partial charge is 0.377 e. The monoisotopic (exact) mass is 405 g/mol. The number of hydrogen-bond acceptors (Lipinski definition) is 8. The molecule has 0 aromatic carbocycles. The van der Waals surface area contributed by atoms with E-state index in [1.807, 2.05) is 0 Å². The molecule has 1 N–H and O–H groups in total. The van der Waals surface area contributed by atoms with E-state index in [2.05, 4.69) is 4.72 Å². The lowest BCUT2D eigenvalue weighted by Gasteiger charge is -2.24. The molecule has 0 rings (SSSR count). The summed E-state index contributed by atoms with van der Waals surface area (Å²) in [5.74, 6) is -0.0146. The summed E-state index contributed by atoms with van der Waals surface area (Å²) in [6.07, 6.45) is 0.956. The van der Waals surface area contributed by atoms with E-state index in [0.29, 0.717) is 31.5 Å². The van der Waals surface area contributed by atoms with Crippen LogP contribution in [0.4, 0.5) is 0 Å². The first kappa shape index (κ1) is 24.1. The van der Waals surface area contributed by atoms with Gasteiger partial charge in [-0.3, -0.25) is 0 Å². The molecule has 0 bridgehead atoms. The largest absolute Gasteiger partial charge is 0.500 e. The Morgan fingerprint density at radius 3 is 1.46 bits per heavy atom. The van der Waals surface area contributed by atoms with Crippen molar-refractivity contribution in [2.24, 2.45) is 0 Å². The maximum atomic E-state index is 12.0. The molecule has 0 aromatic rings. The van der Waals surface area contributed by atoms with Gasteiger partial charge in [0.15, 0.2) is 0 Å². The zero-order chi connectivity index (χ0) is 18.7. The van der Waals surface area contributed by atoms with Crippen LogP contribution in [-0.2, 0) is 36.6 Å². The van der Waals surface area contributed by atoms with Crippen LogP contribution in [-0.4, -0.2) is 81.0 Å². The third-order valence-electron chi connectivity index (χ3n) is 3.74. The SMILES string of the molecule is CO[Si](CCCNS(=O)(=O)CCC[Si](OC)(OC)OC)(OC)OC. The molecule has 0 aliphatic heterocycles. The molecule has 9 nitrogen and oxygen atoms in total. The summed E-state index contributed by atoms with van der Waals surface area (Å²) in [7, 11) is 0.340. The Balaban J connectivity index is 4.24. The van der Waals surface area contributed by atoms with Crippen molar-refractivity contribution in [3.8, 4) is 0 Å². The van der Waals surface area contributed by atoms with Gasteiger partial charge in [0.25, 0.3) is 0 Å². The van der Waals surface area contributed by atoms with Gasteiger partial charge in [-0.1, -0.05) is 0 Å². The second-order valence-electron chi connectivity index (χ2n) is 5.01. The highest BCUT2D eigenvalue weighted by Gasteiger charge is 2.38. The molecule has 0 spiro atoms. The van der Waals surface area contributed by atoms with Crippen LogP contribution in [0.5, 0.6) is 0 Å². The van der Waals surface area contributed by atoms with Gasteiger partial charge in [0.1, 0.15) is 0 Å². The van der Waals surface area contributed by atoms with Crippen LogP contribution in [0, 0.1) is 0 Å². The van der Waals surface area contributed by atoms with E-state index >= 15 is 0 Å². The van der Waals surface area contributed by atoms with Gasteiger partial charge in [-0.2, -0.15) is 0 Å². The summed E-state index contributed by atoms with van der Waals surface area (Å²) < 4.78 is 58.3. The molecule has 0 atom stereocenters. The molecule has 0 radical (unpaired) electrons. The van der Waals surface area contributed by atoms with Crippen LogP contribution in [0.25, 0.3) is 0 Å². The Morgan fingerprint density at radius 2 is 1.08 bits per heavy atom. The van der Waals surface area contributed by atoms with Gasteiger partial charge < -0.3 is 26.6 Å². The van der Waals surface area contributed by atoms with Crippen LogP contribution in [0.3, 0.4) is 0 Å². The van der Waals surface area contributed by atoms with Crippen molar-refractivity contribution in [2.45, 2.75) is 24.9 Å². The summed E-state index contributed by atoms with van der Waals surface area (Å²) in [5, 5.41) is 0. The number of rotatable bonds is 15. The molecule has 0 heterocycles. The molecule has 0 amide bonds. The van der Waals surface area contributed by atoms with Crippen LogP contribution in [0.15, 0.2) is 0 Å². The van der Waals surface area contributed by atoms with E-state index in [0.717, 1.165) is 0 Å². The average molecular weight is 406 g/mol. The van der Waals surface area contributed by atoms with E-state index in [1.54, 1.807) is 0 Å².